The van der Waals surface area contributed by atoms with Crippen molar-refractivity contribution in [1.29, 1.82) is 5.26 Å². The fourth-order valence-electron chi connectivity index (χ4n) is 1.91. The molecule has 2 heterocycles. The minimum atomic E-state index is -0.283. The standard InChI is InChI=1S/C15H9ClN4O/c16-12-5-6-14-18-13(9-20(14)8-12)19-15(21)11-3-1-10(7-17)2-4-11/h1-6,8-9H,(H,19,21). The Bertz CT molecular complexity index is 862. The highest BCUT2D eigenvalue weighted by molar-refractivity contribution is 6.30. The number of nitrogens with one attached hydrogen (secondary N) is 1. The van der Waals surface area contributed by atoms with E-state index in [0.29, 0.717) is 27.6 Å². The fraction of sp³-hybridized carbons (Fsp3) is 0. The van der Waals surface area contributed by atoms with E-state index in [1.54, 1.807) is 53.2 Å². The summed E-state index contributed by atoms with van der Waals surface area (Å²) in [5.74, 6) is 0.153. The summed E-state index contributed by atoms with van der Waals surface area (Å²) in [6.45, 7) is 0. The van der Waals surface area contributed by atoms with Crippen LogP contribution < -0.4 is 5.32 Å². The molecular formula is C15H9ClN4O. The zero-order chi connectivity index (χ0) is 14.8. The number of carbonyl (C=O) groups is 1. The number of imidazole rings is 1. The molecule has 3 aromatic rings. The van der Waals surface area contributed by atoms with Crippen molar-refractivity contribution in [2.45, 2.75) is 0 Å². The van der Waals surface area contributed by atoms with Gasteiger partial charge >= 0.3 is 0 Å². The second-order valence-corrected chi connectivity index (χ2v) is 4.82. The molecule has 0 saturated heterocycles. The van der Waals surface area contributed by atoms with E-state index in [4.69, 9.17) is 16.9 Å². The zero-order valence-corrected chi connectivity index (χ0v) is 11.5. The van der Waals surface area contributed by atoms with Crippen LogP contribution in [0.25, 0.3) is 5.65 Å². The van der Waals surface area contributed by atoms with Crippen molar-refractivity contribution in [3.63, 3.8) is 0 Å². The Morgan fingerprint density at radius 1 is 1.19 bits per heavy atom. The highest BCUT2D eigenvalue weighted by atomic mass is 35.5. The maximum absolute atomic E-state index is 12.1. The van der Waals surface area contributed by atoms with E-state index in [-0.39, 0.29) is 5.91 Å². The molecule has 21 heavy (non-hydrogen) atoms. The monoisotopic (exact) mass is 296 g/mol. The number of amides is 1. The molecule has 0 aliphatic heterocycles. The van der Waals surface area contributed by atoms with Gasteiger partial charge in [0.15, 0.2) is 5.82 Å². The highest BCUT2D eigenvalue weighted by Gasteiger charge is 2.09. The first-order valence-corrected chi connectivity index (χ1v) is 6.49. The quantitative estimate of drug-likeness (QED) is 0.790. The molecule has 0 aliphatic rings. The van der Waals surface area contributed by atoms with E-state index in [9.17, 15) is 4.79 Å². The lowest BCUT2D eigenvalue weighted by atomic mass is 10.1. The van der Waals surface area contributed by atoms with E-state index in [1.165, 1.54) is 0 Å². The van der Waals surface area contributed by atoms with Crippen LogP contribution in [0.1, 0.15) is 15.9 Å². The summed E-state index contributed by atoms with van der Waals surface area (Å²) in [5.41, 5.74) is 1.66. The number of aromatic nitrogens is 2. The molecular weight excluding hydrogens is 288 g/mol. The predicted octanol–water partition coefficient (Wildman–Crippen LogP) is 3.11. The number of halogens is 1. The molecule has 1 aromatic carbocycles. The molecule has 2 aromatic heterocycles. The number of rotatable bonds is 2. The van der Waals surface area contributed by atoms with Gasteiger partial charge in [-0.15, -0.1) is 0 Å². The van der Waals surface area contributed by atoms with Crippen LogP contribution in [0.15, 0.2) is 48.8 Å². The smallest absolute Gasteiger partial charge is 0.256 e. The highest BCUT2D eigenvalue weighted by Crippen LogP contribution is 2.15. The number of benzene rings is 1. The van der Waals surface area contributed by atoms with Crippen LogP contribution in [-0.2, 0) is 0 Å². The molecule has 0 spiro atoms. The number of carbonyl (C=O) groups excluding carboxylic acids is 1. The Hall–Kier alpha value is -2.84. The maximum Gasteiger partial charge on any atom is 0.256 e. The van der Waals surface area contributed by atoms with Gasteiger partial charge in [-0.2, -0.15) is 5.26 Å². The van der Waals surface area contributed by atoms with Crippen LogP contribution in [0.3, 0.4) is 0 Å². The second-order valence-electron chi connectivity index (χ2n) is 4.38. The molecule has 0 bridgehead atoms. The van der Waals surface area contributed by atoms with Crippen molar-refractivity contribution in [2.75, 3.05) is 5.32 Å². The van der Waals surface area contributed by atoms with Gasteiger partial charge in [0, 0.05) is 11.8 Å². The summed E-state index contributed by atoms with van der Waals surface area (Å²) in [5, 5.41) is 12.0. The molecule has 0 unspecified atom stereocenters. The van der Waals surface area contributed by atoms with Crippen molar-refractivity contribution in [3.05, 3.63) is 64.9 Å². The largest absolute Gasteiger partial charge is 0.305 e. The molecule has 102 valence electrons. The van der Waals surface area contributed by atoms with E-state index in [1.807, 2.05) is 6.07 Å². The minimum absolute atomic E-state index is 0.283. The van der Waals surface area contributed by atoms with Gasteiger partial charge in [-0.25, -0.2) is 4.98 Å². The Morgan fingerprint density at radius 2 is 1.95 bits per heavy atom. The Balaban J connectivity index is 1.83. The predicted molar refractivity (Wildman–Crippen MR) is 79.3 cm³/mol. The van der Waals surface area contributed by atoms with Gasteiger partial charge in [0.2, 0.25) is 0 Å². The Morgan fingerprint density at radius 3 is 2.67 bits per heavy atom. The average Bonchev–Trinajstić information content (AvgIpc) is 2.88. The van der Waals surface area contributed by atoms with Crippen molar-refractivity contribution >= 4 is 29.0 Å². The Labute approximate surface area is 125 Å². The lowest BCUT2D eigenvalue weighted by Crippen LogP contribution is -2.11. The topological polar surface area (TPSA) is 70.2 Å². The first-order chi connectivity index (χ1) is 10.2. The molecule has 0 radical (unpaired) electrons. The molecule has 0 aliphatic carbocycles. The fourth-order valence-corrected chi connectivity index (χ4v) is 2.08. The number of hydrogen-bond donors (Lipinski definition) is 1. The molecule has 1 amide bonds. The molecule has 0 fully saturated rings. The molecule has 1 N–H and O–H groups in total. The number of anilines is 1. The third-order valence-corrected chi connectivity index (χ3v) is 3.16. The molecule has 0 saturated carbocycles. The van der Waals surface area contributed by atoms with Crippen LogP contribution in [0.5, 0.6) is 0 Å². The first-order valence-electron chi connectivity index (χ1n) is 6.11. The van der Waals surface area contributed by atoms with Gasteiger partial charge in [-0.05, 0) is 36.4 Å². The zero-order valence-electron chi connectivity index (χ0n) is 10.7. The van der Waals surface area contributed by atoms with Gasteiger partial charge in [-0.1, -0.05) is 11.6 Å². The van der Waals surface area contributed by atoms with Gasteiger partial charge in [0.05, 0.1) is 22.9 Å². The number of fused-ring (bicyclic) bond motifs is 1. The summed E-state index contributed by atoms with van der Waals surface area (Å²) >= 11 is 5.90. The Kier molecular flexibility index (Phi) is 3.30. The van der Waals surface area contributed by atoms with Crippen LogP contribution in [0.2, 0.25) is 5.02 Å². The lowest BCUT2D eigenvalue weighted by molar-refractivity contribution is 0.102. The first kappa shape index (κ1) is 13.2. The van der Waals surface area contributed by atoms with Gasteiger partial charge < -0.3 is 9.72 Å². The number of nitrogens with zero attached hydrogens (tertiary/aromatic N) is 3. The molecule has 5 nitrogen and oxygen atoms in total. The van der Waals surface area contributed by atoms with Crippen molar-refractivity contribution in [1.82, 2.24) is 9.38 Å². The van der Waals surface area contributed by atoms with Crippen molar-refractivity contribution in [2.24, 2.45) is 0 Å². The van der Waals surface area contributed by atoms with E-state index >= 15 is 0 Å². The summed E-state index contributed by atoms with van der Waals surface area (Å²) in [6, 6.07) is 11.9. The second kappa shape index (κ2) is 5.27. The molecule has 6 heteroatoms. The van der Waals surface area contributed by atoms with E-state index < -0.39 is 0 Å². The van der Waals surface area contributed by atoms with Gasteiger partial charge in [-0.3, -0.25) is 4.79 Å². The van der Waals surface area contributed by atoms with E-state index in [2.05, 4.69) is 10.3 Å². The normalized spacial score (nSPS) is 10.3. The summed E-state index contributed by atoms with van der Waals surface area (Å²) in [4.78, 5) is 16.4. The summed E-state index contributed by atoms with van der Waals surface area (Å²) in [6.07, 6.45) is 3.39. The third kappa shape index (κ3) is 2.71. The van der Waals surface area contributed by atoms with Crippen LogP contribution in [0, 0.1) is 11.3 Å². The molecule has 0 atom stereocenters. The SMILES string of the molecule is N#Cc1ccc(C(=O)Nc2cn3cc(Cl)ccc3n2)cc1. The number of nitriles is 1. The number of pyridine rings is 1. The van der Waals surface area contributed by atoms with Crippen LogP contribution in [0.4, 0.5) is 5.82 Å². The summed E-state index contributed by atoms with van der Waals surface area (Å²) < 4.78 is 1.73. The van der Waals surface area contributed by atoms with Crippen LogP contribution in [-0.4, -0.2) is 15.3 Å². The van der Waals surface area contributed by atoms with E-state index in [0.717, 1.165) is 0 Å². The van der Waals surface area contributed by atoms with Gasteiger partial charge in [0.25, 0.3) is 5.91 Å². The summed E-state index contributed by atoms with van der Waals surface area (Å²) in [7, 11) is 0. The molecule has 3 rings (SSSR count). The van der Waals surface area contributed by atoms with Gasteiger partial charge in [0.1, 0.15) is 5.65 Å². The third-order valence-electron chi connectivity index (χ3n) is 2.93. The van der Waals surface area contributed by atoms with Crippen LogP contribution >= 0.6 is 11.6 Å². The van der Waals surface area contributed by atoms with Crippen molar-refractivity contribution in [3.8, 4) is 6.07 Å². The maximum atomic E-state index is 12.1. The lowest BCUT2D eigenvalue weighted by Gasteiger charge is -2.01. The average molecular weight is 297 g/mol. The number of hydrogen-bond acceptors (Lipinski definition) is 3. The minimum Gasteiger partial charge on any atom is -0.305 e. The van der Waals surface area contributed by atoms with Crippen molar-refractivity contribution < 1.29 is 4.79 Å².